The van der Waals surface area contributed by atoms with Crippen molar-refractivity contribution in [1.82, 2.24) is 14.8 Å². The molecule has 0 unspecified atom stereocenters. The van der Waals surface area contributed by atoms with Crippen LogP contribution in [-0.4, -0.2) is 52.8 Å². The number of hydrogen-bond donors (Lipinski definition) is 0. The second-order valence-electron chi connectivity index (χ2n) is 7.30. The van der Waals surface area contributed by atoms with E-state index in [0.717, 1.165) is 17.5 Å². The van der Waals surface area contributed by atoms with Crippen molar-refractivity contribution in [3.05, 3.63) is 64.5 Å². The Kier molecular flexibility index (Phi) is 5.89. The Labute approximate surface area is 161 Å². The van der Waals surface area contributed by atoms with E-state index in [1.165, 1.54) is 11.1 Å². The molecule has 5 heteroatoms. The molecule has 2 aromatic rings. The Morgan fingerprint density at radius 2 is 1.52 bits per heavy atom. The Balaban J connectivity index is 1.63. The normalized spacial score (nSPS) is 14.8. The summed E-state index contributed by atoms with van der Waals surface area (Å²) >= 11 is 0. The Bertz CT molecular complexity index is 833. The molecule has 1 aliphatic heterocycles. The predicted octanol–water partition coefficient (Wildman–Crippen LogP) is 2.92. The molecule has 0 aliphatic carbocycles. The average molecular weight is 365 g/mol. The zero-order chi connectivity index (χ0) is 19.4. The number of carbonyl (C=O) groups excluding carboxylic acids is 2. The second-order valence-corrected chi connectivity index (χ2v) is 7.30. The van der Waals surface area contributed by atoms with Crippen molar-refractivity contribution in [3.8, 4) is 0 Å². The van der Waals surface area contributed by atoms with Crippen molar-refractivity contribution in [1.29, 1.82) is 0 Å². The molecule has 0 radical (unpaired) electrons. The van der Waals surface area contributed by atoms with Gasteiger partial charge in [0.15, 0.2) is 0 Å². The van der Waals surface area contributed by atoms with Crippen LogP contribution in [0.3, 0.4) is 0 Å². The summed E-state index contributed by atoms with van der Waals surface area (Å²) in [4.78, 5) is 33.2. The molecule has 1 aliphatic rings. The van der Waals surface area contributed by atoms with Gasteiger partial charge in [0.2, 0.25) is 5.91 Å². The molecule has 3 rings (SSSR count). The van der Waals surface area contributed by atoms with E-state index in [2.05, 4.69) is 37.9 Å². The highest BCUT2D eigenvalue weighted by Gasteiger charge is 2.23. The maximum Gasteiger partial charge on any atom is 0.254 e. The zero-order valence-electron chi connectivity index (χ0n) is 16.4. The van der Waals surface area contributed by atoms with Crippen molar-refractivity contribution in [2.24, 2.45) is 0 Å². The molecule has 2 heterocycles. The average Bonchev–Trinajstić information content (AvgIpc) is 2.92. The first-order valence-electron chi connectivity index (χ1n) is 9.49. The van der Waals surface area contributed by atoms with Crippen molar-refractivity contribution in [3.63, 3.8) is 0 Å². The van der Waals surface area contributed by atoms with E-state index in [1.54, 1.807) is 24.5 Å². The minimum absolute atomic E-state index is 0.0108. The van der Waals surface area contributed by atoms with Gasteiger partial charge in [-0.1, -0.05) is 12.1 Å². The van der Waals surface area contributed by atoms with Gasteiger partial charge in [0.05, 0.1) is 6.42 Å². The molecule has 0 atom stereocenters. The number of benzene rings is 1. The molecule has 142 valence electrons. The number of hydrogen-bond acceptors (Lipinski definition) is 3. The Morgan fingerprint density at radius 3 is 2.26 bits per heavy atom. The lowest BCUT2D eigenvalue weighted by Gasteiger charge is -2.23. The smallest absolute Gasteiger partial charge is 0.254 e. The zero-order valence-corrected chi connectivity index (χ0v) is 16.4. The number of aryl methyl sites for hydroxylation is 3. The van der Waals surface area contributed by atoms with Crippen LogP contribution < -0.4 is 0 Å². The molecular weight excluding hydrogens is 338 g/mol. The molecule has 0 N–H and O–H groups in total. The standard InChI is InChI=1S/C22H27N3O2/c1-16-13-18(3)20(14-17(16)2)15-21(26)24-9-4-10-25(12-11-24)22(27)19-5-7-23-8-6-19/h5-8,13-14H,4,9-12,15H2,1-3H3. The monoisotopic (exact) mass is 365 g/mol. The number of rotatable bonds is 3. The summed E-state index contributed by atoms with van der Waals surface area (Å²) in [5.41, 5.74) is 5.38. The van der Waals surface area contributed by atoms with Crippen LogP contribution in [0.4, 0.5) is 0 Å². The van der Waals surface area contributed by atoms with Gasteiger partial charge in [-0.25, -0.2) is 0 Å². The minimum atomic E-state index is 0.0108. The molecule has 0 spiro atoms. The molecule has 1 aromatic heterocycles. The van der Waals surface area contributed by atoms with Gasteiger partial charge in [-0.15, -0.1) is 0 Å². The maximum absolute atomic E-state index is 12.8. The summed E-state index contributed by atoms with van der Waals surface area (Å²) in [6.07, 6.45) is 4.49. The SMILES string of the molecule is Cc1cc(C)c(CC(=O)N2CCCN(C(=O)c3ccncc3)CC2)cc1C. The van der Waals surface area contributed by atoms with Gasteiger partial charge >= 0.3 is 0 Å². The fourth-order valence-corrected chi connectivity index (χ4v) is 3.53. The third-order valence-corrected chi connectivity index (χ3v) is 5.36. The largest absolute Gasteiger partial charge is 0.341 e. The van der Waals surface area contributed by atoms with Crippen molar-refractivity contribution >= 4 is 11.8 Å². The predicted molar refractivity (Wildman–Crippen MR) is 106 cm³/mol. The molecule has 5 nitrogen and oxygen atoms in total. The van der Waals surface area contributed by atoms with Crippen molar-refractivity contribution in [2.75, 3.05) is 26.2 Å². The summed E-state index contributed by atoms with van der Waals surface area (Å²) in [5.74, 6) is 0.149. The van der Waals surface area contributed by atoms with Crippen LogP contribution in [0.1, 0.15) is 39.0 Å². The molecule has 1 aromatic carbocycles. The van der Waals surface area contributed by atoms with E-state index < -0.39 is 0 Å². The van der Waals surface area contributed by atoms with Gasteiger partial charge in [0.1, 0.15) is 0 Å². The number of pyridine rings is 1. The fraction of sp³-hybridized carbons (Fsp3) is 0.409. The van der Waals surface area contributed by atoms with Crippen LogP contribution in [0, 0.1) is 20.8 Å². The maximum atomic E-state index is 12.8. The first kappa shape index (κ1) is 19.1. The van der Waals surface area contributed by atoms with Crippen molar-refractivity contribution in [2.45, 2.75) is 33.6 Å². The van der Waals surface area contributed by atoms with Gasteiger partial charge in [0, 0.05) is 44.1 Å². The van der Waals surface area contributed by atoms with Crippen LogP contribution in [-0.2, 0) is 11.2 Å². The van der Waals surface area contributed by atoms with E-state index in [4.69, 9.17) is 0 Å². The first-order chi connectivity index (χ1) is 13.0. The summed E-state index contributed by atoms with van der Waals surface area (Å²) in [7, 11) is 0. The van der Waals surface area contributed by atoms with Gasteiger partial charge in [-0.2, -0.15) is 0 Å². The summed E-state index contributed by atoms with van der Waals surface area (Å²) in [5, 5.41) is 0. The van der Waals surface area contributed by atoms with E-state index in [-0.39, 0.29) is 11.8 Å². The number of carbonyl (C=O) groups is 2. The topological polar surface area (TPSA) is 53.5 Å². The molecule has 0 bridgehead atoms. The highest BCUT2D eigenvalue weighted by molar-refractivity contribution is 5.94. The van der Waals surface area contributed by atoms with Gasteiger partial charge in [-0.05, 0) is 61.6 Å². The summed E-state index contributed by atoms with van der Waals surface area (Å²) < 4.78 is 0. The highest BCUT2D eigenvalue weighted by Crippen LogP contribution is 2.17. The quantitative estimate of drug-likeness (QED) is 0.840. The van der Waals surface area contributed by atoms with Crippen LogP contribution in [0.5, 0.6) is 0 Å². The number of aromatic nitrogens is 1. The molecular formula is C22H27N3O2. The lowest BCUT2D eigenvalue weighted by atomic mass is 9.98. The van der Waals surface area contributed by atoms with Crippen LogP contribution in [0.25, 0.3) is 0 Å². The molecule has 27 heavy (non-hydrogen) atoms. The van der Waals surface area contributed by atoms with Crippen molar-refractivity contribution < 1.29 is 9.59 Å². The van der Waals surface area contributed by atoms with Crippen LogP contribution in [0.15, 0.2) is 36.7 Å². The molecule has 1 saturated heterocycles. The third kappa shape index (κ3) is 4.54. The second kappa shape index (κ2) is 8.33. The molecule has 1 fully saturated rings. The van der Waals surface area contributed by atoms with E-state index in [9.17, 15) is 9.59 Å². The molecule has 0 saturated carbocycles. The van der Waals surface area contributed by atoms with Gasteiger partial charge in [0.25, 0.3) is 5.91 Å². The van der Waals surface area contributed by atoms with Crippen LogP contribution in [0.2, 0.25) is 0 Å². The van der Waals surface area contributed by atoms with E-state index in [1.807, 2.05) is 9.80 Å². The highest BCUT2D eigenvalue weighted by atomic mass is 16.2. The van der Waals surface area contributed by atoms with Gasteiger partial charge in [-0.3, -0.25) is 14.6 Å². The minimum Gasteiger partial charge on any atom is -0.341 e. The van der Waals surface area contributed by atoms with E-state index in [0.29, 0.717) is 38.2 Å². The Morgan fingerprint density at radius 1 is 0.889 bits per heavy atom. The number of amides is 2. The van der Waals surface area contributed by atoms with Gasteiger partial charge < -0.3 is 9.80 Å². The summed E-state index contributed by atoms with van der Waals surface area (Å²) in [6.45, 7) is 8.76. The molecule has 2 amide bonds. The first-order valence-corrected chi connectivity index (χ1v) is 9.49. The lowest BCUT2D eigenvalue weighted by molar-refractivity contribution is -0.130. The Hall–Kier alpha value is -2.69. The third-order valence-electron chi connectivity index (χ3n) is 5.36. The van der Waals surface area contributed by atoms with E-state index >= 15 is 0 Å². The fourth-order valence-electron chi connectivity index (χ4n) is 3.53. The summed E-state index contributed by atoms with van der Waals surface area (Å²) in [6, 6.07) is 7.74. The number of nitrogens with zero attached hydrogens (tertiary/aromatic N) is 3. The lowest BCUT2D eigenvalue weighted by Crippen LogP contribution is -2.38. The van der Waals surface area contributed by atoms with Crippen LogP contribution >= 0.6 is 0 Å².